The fourth-order valence-corrected chi connectivity index (χ4v) is 1.80. The number of benzene rings is 1. The van der Waals surface area contributed by atoms with Crippen LogP contribution >= 0.6 is 0 Å². The van der Waals surface area contributed by atoms with Crippen LogP contribution in [-0.4, -0.2) is 11.5 Å². The zero-order chi connectivity index (χ0) is 14.2. The Labute approximate surface area is 118 Å². The highest BCUT2D eigenvalue weighted by Crippen LogP contribution is 2.12. The molecule has 0 aliphatic heterocycles. The summed E-state index contributed by atoms with van der Waals surface area (Å²) >= 11 is 0. The largest absolute Gasteiger partial charge is 0.473 e. The number of rotatable bonds is 7. The Bertz CT molecular complexity index is 546. The summed E-state index contributed by atoms with van der Waals surface area (Å²) in [5.41, 5.74) is 1.45. The van der Waals surface area contributed by atoms with Gasteiger partial charge in [-0.15, -0.1) is 0 Å². The normalized spacial score (nSPS) is 10.5. The van der Waals surface area contributed by atoms with Gasteiger partial charge >= 0.3 is 0 Å². The number of nitrogens with zero attached hydrogens (tertiary/aromatic N) is 1. The zero-order valence-electron chi connectivity index (χ0n) is 11.6. The molecule has 2 rings (SSSR count). The van der Waals surface area contributed by atoms with Crippen LogP contribution in [0.1, 0.15) is 24.6 Å². The molecule has 20 heavy (non-hydrogen) atoms. The molecule has 0 saturated carbocycles. The Balaban J connectivity index is 1.93. The first-order chi connectivity index (χ1) is 9.79. The highest BCUT2D eigenvalue weighted by molar-refractivity contribution is 5.19. The second kappa shape index (κ2) is 7.60. The van der Waals surface area contributed by atoms with E-state index < -0.39 is 0 Å². The molecule has 0 aliphatic carbocycles. The molecular weight excluding hydrogens is 255 g/mol. The van der Waals surface area contributed by atoms with E-state index in [1.165, 1.54) is 6.07 Å². The highest BCUT2D eigenvalue weighted by atomic mass is 19.1. The van der Waals surface area contributed by atoms with Crippen LogP contribution in [0, 0.1) is 5.82 Å². The topological polar surface area (TPSA) is 34.1 Å². The van der Waals surface area contributed by atoms with Crippen molar-refractivity contribution >= 4 is 0 Å². The number of hydrogen-bond donors (Lipinski definition) is 1. The van der Waals surface area contributed by atoms with Crippen LogP contribution in [0.5, 0.6) is 5.88 Å². The van der Waals surface area contributed by atoms with E-state index in [0.717, 1.165) is 18.7 Å². The van der Waals surface area contributed by atoms with Crippen LogP contribution in [-0.2, 0) is 13.2 Å². The lowest BCUT2D eigenvalue weighted by Gasteiger charge is -2.08. The van der Waals surface area contributed by atoms with Crippen molar-refractivity contribution in [3.8, 4) is 5.88 Å². The quantitative estimate of drug-likeness (QED) is 0.787. The van der Waals surface area contributed by atoms with E-state index in [9.17, 15) is 4.39 Å². The monoisotopic (exact) mass is 274 g/mol. The van der Waals surface area contributed by atoms with E-state index in [1.807, 2.05) is 12.1 Å². The van der Waals surface area contributed by atoms with Gasteiger partial charge in [0, 0.05) is 18.2 Å². The van der Waals surface area contributed by atoms with Gasteiger partial charge in [0.15, 0.2) is 0 Å². The summed E-state index contributed by atoms with van der Waals surface area (Å²) < 4.78 is 19.0. The number of ether oxygens (including phenoxy) is 1. The summed E-state index contributed by atoms with van der Waals surface area (Å²) in [5.74, 6) is 0.261. The third-order valence-corrected chi connectivity index (χ3v) is 2.85. The highest BCUT2D eigenvalue weighted by Gasteiger charge is 2.03. The smallest absolute Gasteiger partial charge is 0.213 e. The Morgan fingerprint density at radius 1 is 1.15 bits per heavy atom. The third kappa shape index (κ3) is 4.31. The lowest BCUT2D eigenvalue weighted by atomic mass is 10.2. The third-order valence-electron chi connectivity index (χ3n) is 2.85. The van der Waals surface area contributed by atoms with Crippen molar-refractivity contribution in [2.24, 2.45) is 0 Å². The molecule has 4 heteroatoms. The summed E-state index contributed by atoms with van der Waals surface area (Å²) in [7, 11) is 0. The van der Waals surface area contributed by atoms with E-state index in [1.54, 1.807) is 24.3 Å². The van der Waals surface area contributed by atoms with E-state index in [4.69, 9.17) is 4.74 Å². The standard InChI is InChI=1S/C16H19FN2O/c1-2-10-18-11-14-7-5-9-16(19-14)20-12-13-6-3-4-8-15(13)17/h3-9,18H,2,10-12H2,1H3. The Morgan fingerprint density at radius 3 is 2.80 bits per heavy atom. The van der Waals surface area contributed by atoms with Crippen LogP contribution in [0.2, 0.25) is 0 Å². The molecule has 0 radical (unpaired) electrons. The van der Waals surface area contributed by atoms with Gasteiger partial charge in [-0.3, -0.25) is 0 Å². The molecule has 1 heterocycles. The minimum Gasteiger partial charge on any atom is -0.473 e. The molecule has 0 bridgehead atoms. The summed E-state index contributed by atoms with van der Waals surface area (Å²) in [6.07, 6.45) is 1.09. The van der Waals surface area contributed by atoms with Crippen molar-refractivity contribution in [3.63, 3.8) is 0 Å². The second-order valence-corrected chi connectivity index (χ2v) is 4.52. The lowest BCUT2D eigenvalue weighted by molar-refractivity contribution is 0.287. The summed E-state index contributed by atoms with van der Waals surface area (Å²) in [6, 6.07) is 12.2. The maximum Gasteiger partial charge on any atom is 0.213 e. The predicted octanol–water partition coefficient (Wildman–Crippen LogP) is 3.30. The molecule has 1 N–H and O–H groups in total. The van der Waals surface area contributed by atoms with Gasteiger partial charge in [-0.25, -0.2) is 9.37 Å². The van der Waals surface area contributed by atoms with Crippen LogP contribution in [0.15, 0.2) is 42.5 Å². The predicted molar refractivity (Wildman–Crippen MR) is 77.0 cm³/mol. The van der Waals surface area contributed by atoms with E-state index in [-0.39, 0.29) is 12.4 Å². The summed E-state index contributed by atoms with van der Waals surface area (Å²) in [6.45, 7) is 3.98. The van der Waals surface area contributed by atoms with Crippen molar-refractivity contribution in [1.29, 1.82) is 0 Å². The van der Waals surface area contributed by atoms with Gasteiger partial charge in [0.05, 0.1) is 5.69 Å². The van der Waals surface area contributed by atoms with Crippen LogP contribution in [0.4, 0.5) is 4.39 Å². The number of hydrogen-bond acceptors (Lipinski definition) is 3. The van der Waals surface area contributed by atoms with E-state index in [0.29, 0.717) is 18.0 Å². The first-order valence-electron chi connectivity index (χ1n) is 6.82. The van der Waals surface area contributed by atoms with E-state index >= 15 is 0 Å². The first-order valence-corrected chi connectivity index (χ1v) is 6.82. The SMILES string of the molecule is CCCNCc1cccc(OCc2ccccc2F)n1. The van der Waals surface area contributed by atoms with Gasteiger partial charge < -0.3 is 10.1 Å². The molecule has 0 amide bonds. The number of nitrogens with one attached hydrogen (secondary N) is 1. The molecule has 106 valence electrons. The van der Waals surface area contributed by atoms with Crippen LogP contribution in [0.25, 0.3) is 0 Å². The van der Waals surface area contributed by atoms with Crippen molar-refractivity contribution in [2.75, 3.05) is 6.54 Å². The maximum absolute atomic E-state index is 13.5. The van der Waals surface area contributed by atoms with Gasteiger partial charge in [-0.05, 0) is 25.1 Å². The van der Waals surface area contributed by atoms with Crippen LogP contribution in [0.3, 0.4) is 0 Å². The molecule has 0 spiro atoms. The molecule has 0 unspecified atom stereocenters. The van der Waals surface area contributed by atoms with Gasteiger partial charge in [0.1, 0.15) is 12.4 Å². The van der Waals surface area contributed by atoms with E-state index in [2.05, 4.69) is 17.2 Å². The second-order valence-electron chi connectivity index (χ2n) is 4.52. The fourth-order valence-electron chi connectivity index (χ4n) is 1.80. The number of halogens is 1. The Kier molecular flexibility index (Phi) is 5.50. The molecule has 0 atom stereocenters. The molecule has 1 aromatic heterocycles. The maximum atomic E-state index is 13.5. The average molecular weight is 274 g/mol. The molecule has 2 aromatic rings. The van der Waals surface area contributed by atoms with Crippen molar-refractivity contribution in [1.82, 2.24) is 10.3 Å². The minimum absolute atomic E-state index is 0.186. The van der Waals surface area contributed by atoms with Crippen molar-refractivity contribution in [2.45, 2.75) is 26.5 Å². The molecule has 0 saturated heterocycles. The number of aromatic nitrogens is 1. The Morgan fingerprint density at radius 2 is 2.00 bits per heavy atom. The van der Waals surface area contributed by atoms with Crippen molar-refractivity contribution in [3.05, 3.63) is 59.5 Å². The van der Waals surface area contributed by atoms with Crippen molar-refractivity contribution < 1.29 is 9.13 Å². The molecular formula is C16H19FN2O. The Hall–Kier alpha value is -1.94. The average Bonchev–Trinajstić information content (AvgIpc) is 2.47. The number of pyridine rings is 1. The molecule has 0 aliphatic rings. The molecule has 0 fully saturated rings. The van der Waals surface area contributed by atoms with Gasteiger partial charge in [0.2, 0.25) is 5.88 Å². The van der Waals surface area contributed by atoms with Crippen LogP contribution < -0.4 is 10.1 Å². The van der Waals surface area contributed by atoms with Gasteiger partial charge in [0.25, 0.3) is 0 Å². The molecule has 3 nitrogen and oxygen atoms in total. The van der Waals surface area contributed by atoms with Gasteiger partial charge in [-0.2, -0.15) is 0 Å². The fraction of sp³-hybridized carbons (Fsp3) is 0.312. The lowest BCUT2D eigenvalue weighted by Crippen LogP contribution is -2.14. The summed E-state index contributed by atoms with van der Waals surface area (Å²) in [5, 5.41) is 3.28. The van der Waals surface area contributed by atoms with Gasteiger partial charge in [-0.1, -0.05) is 31.2 Å². The zero-order valence-corrected chi connectivity index (χ0v) is 11.6. The molecule has 1 aromatic carbocycles. The first kappa shape index (κ1) is 14.5. The summed E-state index contributed by atoms with van der Waals surface area (Å²) in [4.78, 5) is 4.38. The minimum atomic E-state index is -0.256.